The van der Waals surface area contributed by atoms with Gasteiger partial charge in [0.2, 0.25) is 0 Å². The molecule has 32 rings (SSSR count). The Kier molecular flexibility index (Phi) is 19.7. The van der Waals surface area contributed by atoms with Crippen LogP contribution in [0, 0.1) is 0 Å². The van der Waals surface area contributed by atoms with Crippen molar-refractivity contribution in [3.05, 3.63) is 532 Å². The van der Waals surface area contributed by atoms with E-state index in [0.717, 1.165) is 16.6 Å². The minimum absolute atomic E-state index is 0.107. The second-order valence-electron chi connectivity index (χ2n) is 41.6. The summed E-state index contributed by atoms with van der Waals surface area (Å²) in [5.41, 5.74) is 37.3. The van der Waals surface area contributed by atoms with Crippen LogP contribution < -0.4 is 0 Å². The van der Waals surface area contributed by atoms with E-state index in [9.17, 15) is 0 Å². The van der Waals surface area contributed by atoms with E-state index in [1.807, 2.05) is 11.3 Å². The average Bonchev–Trinajstić information content (AvgIpc) is 1.42. The van der Waals surface area contributed by atoms with Crippen LogP contribution in [0.2, 0.25) is 0 Å². The van der Waals surface area contributed by atoms with Crippen molar-refractivity contribution in [3.63, 3.8) is 0 Å². The summed E-state index contributed by atoms with van der Waals surface area (Å²) in [5, 5.41) is 30.3. The van der Waals surface area contributed by atoms with Gasteiger partial charge in [0.05, 0.1) is 32.5 Å². The molecule has 0 bridgehead atoms. The molecule has 150 heavy (non-hydrogen) atoms. The molecule has 0 N–H and O–H groups in total. The van der Waals surface area contributed by atoms with E-state index in [-0.39, 0.29) is 10.8 Å². The first-order valence-electron chi connectivity index (χ1n) is 52.3. The first-order chi connectivity index (χ1) is 74.1. The summed E-state index contributed by atoms with van der Waals surface area (Å²) in [6.07, 6.45) is 0. The zero-order valence-electron chi connectivity index (χ0n) is 83.2. The SMILES string of the molecule is CC1(C)c2ccccc2-c2c1c(-c1ccccc1)c1c(oc3ccccc31)c2-c1c2ccccc2c(-c2ccccc2)c2ccccc12.CC1(C)c2ccccc2-c2ccc3c(c21)c1ccccc1n3-c1c2ccccc2c(-c2ccc3ccccc3c2)c2ccccc12.c1ccc(-n2c3ccccc3c3ccc4c5cccc(-c6c7ccccc7c(-c7cccc(-c8cccc9ccccc89)c7)c7ccccc67)c5sc4c32)cc1. The third-order valence-corrected chi connectivity index (χ3v) is 34.2. The quantitative estimate of drug-likeness (QED) is 0.132. The van der Waals surface area contributed by atoms with E-state index in [2.05, 4.69) is 546 Å². The Morgan fingerprint density at radius 2 is 0.613 bits per heavy atom. The molecular formula is C146H96N2OS. The molecule has 30 aromatic rings. The van der Waals surface area contributed by atoms with Crippen LogP contribution >= 0.6 is 11.3 Å². The Morgan fingerprint density at radius 3 is 1.25 bits per heavy atom. The van der Waals surface area contributed by atoms with Gasteiger partial charge in [-0.2, -0.15) is 0 Å². The van der Waals surface area contributed by atoms with E-state index in [1.165, 1.54) is 289 Å². The van der Waals surface area contributed by atoms with Crippen LogP contribution in [-0.4, -0.2) is 9.13 Å². The molecule has 26 aromatic carbocycles. The Hall–Kier alpha value is -18.6. The molecule has 702 valence electrons. The maximum absolute atomic E-state index is 7.12. The van der Waals surface area contributed by atoms with Crippen LogP contribution in [0.3, 0.4) is 0 Å². The zero-order chi connectivity index (χ0) is 99.3. The highest BCUT2D eigenvalue weighted by atomic mass is 32.1. The van der Waals surface area contributed by atoms with Gasteiger partial charge in [-0.3, -0.25) is 0 Å². The molecule has 3 nitrogen and oxygen atoms in total. The van der Waals surface area contributed by atoms with E-state index >= 15 is 0 Å². The number of para-hydroxylation sites is 4. The van der Waals surface area contributed by atoms with Crippen molar-refractivity contribution >= 4 is 183 Å². The molecule has 2 aliphatic rings. The van der Waals surface area contributed by atoms with Gasteiger partial charge in [0.15, 0.2) is 0 Å². The maximum Gasteiger partial charge on any atom is 0.144 e. The largest absolute Gasteiger partial charge is 0.455 e. The third-order valence-electron chi connectivity index (χ3n) is 32.9. The van der Waals surface area contributed by atoms with Crippen LogP contribution in [0.5, 0.6) is 0 Å². The number of aromatic nitrogens is 2. The fraction of sp³-hybridized carbons (Fsp3) is 0.0411. The molecule has 0 saturated carbocycles. The fourth-order valence-corrected chi connectivity index (χ4v) is 28.0. The van der Waals surface area contributed by atoms with Crippen molar-refractivity contribution in [2.45, 2.75) is 38.5 Å². The molecule has 0 aliphatic heterocycles. The van der Waals surface area contributed by atoms with Gasteiger partial charge in [0, 0.05) is 91.8 Å². The highest BCUT2D eigenvalue weighted by molar-refractivity contribution is 7.27. The van der Waals surface area contributed by atoms with E-state index in [0.29, 0.717) is 0 Å². The van der Waals surface area contributed by atoms with Gasteiger partial charge in [-0.05, 0) is 230 Å². The van der Waals surface area contributed by atoms with Crippen LogP contribution in [0.4, 0.5) is 0 Å². The number of benzene rings is 26. The molecule has 0 amide bonds. The van der Waals surface area contributed by atoms with Crippen molar-refractivity contribution in [3.8, 4) is 112 Å². The molecule has 4 aromatic heterocycles. The Labute approximate surface area is 872 Å². The highest BCUT2D eigenvalue weighted by Gasteiger charge is 2.44. The van der Waals surface area contributed by atoms with Crippen molar-refractivity contribution in [2.24, 2.45) is 0 Å². The lowest BCUT2D eigenvalue weighted by Gasteiger charge is -2.27. The molecule has 0 spiro atoms. The Bertz CT molecular complexity index is 10800. The predicted molar refractivity (Wildman–Crippen MR) is 641 cm³/mol. The van der Waals surface area contributed by atoms with E-state index in [1.54, 1.807) is 0 Å². The first-order valence-corrected chi connectivity index (χ1v) is 53.1. The number of rotatable bonds is 9. The van der Waals surface area contributed by atoms with Gasteiger partial charge in [-0.1, -0.05) is 489 Å². The number of nitrogens with zero attached hydrogens (tertiary/aromatic N) is 2. The van der Waals surface area contributed by atoms with Gasteiger partial charge in [0.1, 0.15) is 11.2 Å². The highest BCUT2D eigenvalue weighted by Crippen LogP contribution is 2.63. The molecule has 0 atom stereocenters. The third kappa shape index (κ3) is 13.0. The summed E-state index contributed by atoms with van der Waals surface area (Å²) in [4.78, 5) is 0. The summed E-state index contributed by atoms with van der Waals surface area (Å²) in [6, 6.07) is 187. The lowest BCUT2D eigenvalue weighted by molar-refractivity contribution is 0.660. The summed E-state index contributed by atoms with van der Waals surface area (Å²) in [7, 11) is 0. The second-order valence-corrected chi connectivity index (χ2v) is 42.6. The molecule has 2 aliphatic carbocycles. The molecule has 4 heteroatoms. The van der Waals surface area contributed by atoms with Gasteiger partial charge >= 0.3 is 0 Å². The first kappa shape index (κ1) is 86.9. The van der Waals surface area contributed by atoms with Gasteiger partial charge in [-0.25, -0.2) is 0 Å². The van der Waals surface area contributed by atoms with E-state index in [4.69, 9.17) is 4.42 Å². The van der Waals surface area contributed by atoms with Crippen LogP contribution in [0.25, 0.3) is 283 Å². The summed E-state index contributed by atoms with van der Waals surface area (Å²) in [6.45, 7) is 9.59. The molecule has 0 fully saturated rings. The normalized spacial score (nSPS) is 12.9. The van der Waals surface area contributed by atoms with Crippen molar-refractivity contribution in [1.29, 1.82) is 0 Å². The molecule has 0 radical (unpaired) electrons. The zero-order valence-corrected chi connectivity index (χ0v) is 84.0. The topological polar surface area (TPSA) is 23.0 Å². The summed E-state index contributed by atoms with van der Waals surface area (Å²) >= 11 is 1.93. The summed E-state index contributed by atoms with van der Waals surface area (Å²) in [5.74, 6) is 0. The van der Waals surface area contributed by atoms with Crippen LogP contribution in [-0.2, 0) is 10.8 Å². The average molecular weight is 1930 g/mol. The second kappa shape index (κ2) is 34.0. The molecule has 0 unspecified atom stereocenters. The van der Waals surface area contributed by atoms with Gasteiger partial charge in [-0.15, -0.1) is 11.3 Å². The smallest absolute Gasteiger partial charge is 0.144 e. The molecular weight excluding hydrogens is 1830 g/mol. The van der Waals surface area contributed by atoms with Crippen LogP contribution in [0.15, 0.2) is 514 Å². The van der Waals surface area contributed by atoms with Gasteiger partial charge in [0.25, 0.3) is 0 Å². The number of hydrogen-bond acceptors (Lipinski definition) is 2. The number of hydrogen-bond donors (Lipinski definition) is 0. The minimum Gasteiger partial charge on any atom is -0.455 e. The molecule has 0 saturated heterocycles. The Balaban J connectivity index is 0.000000104. The molecule has 4 heterocycles. The number of fused-ring (bicyclic) bond motifs is 28. The lowest BCUT2D eigenvalue weighted by Crippen LogP contribution is -2.16. The fourth-order valence-electron chi connectivity index (χ4n) is 26.6. The predicted octanol–water partition coefficient (Wildman–Crippen LogP) is 41.0. The Morgan fingerprint density at radius 1 is 0.200 bits per heavy atom. The van der Waals surface area contributed by atoms with Crippen molar-refractivity contribution < 1.29 is 4.42 Å². The summed E-state index contributed by atoms with van der Waals surface area (Å²) < 4.78 is 14.8. The standard InChI is InChI=1S/C54H33NS.C47H32O.C45H31N/c1-2-19-37(20-3-1)55-49-30-11-10-22-40(49)45-31-32-47-46-28-14-29-48(53(46)56-54(47)52(45)55)51-43-25-8-6-23-41(43)50(42-24-7-9-26-44(42)51)36-18-12-17-35(33-36)39-27-13-16-34-15-4-5-21-38(34)39;1-47(2)37-27-15-13-25-35(37)42-44(46-43(36-26-14-16-28-38(36)48-46)40(45(42)47)30-19-7-4-8-20-30)41-33-23-11-9-21-31(33)39(29-17-5-3-6-18-29)32-22-10-12-24-34(32)41;1-45(2)38-21-11-9-15-31(38)34-25-26-40-42(43(34)45)37-20-10-12-22-39(37)46(40)44-35-18-7-5-16-32(35)41(33-17-6-8-19-36(33)44)30-24-23-28-13-3-4-14-29(28)27-30/h1-33H;3-28H,1-2H3;3-27H,1-2H3. The van der Waals surface area contributed by atoms with Crippen LogP contribution in [0.1, 0.15) is 49.9 Å². The maximum atomic E-state index is 7.12. The van der Waals surface area contributed by atoms with Gasteiger partial charge < -0.3 is 13.6 Å². The van der Waals surface area contributed by atoms with Crippen molar-refractivity contribution in [1.82, 2.24) is 9.13 Å². The lowest BCUT2D eigenvalue weighted by atomic mass is 9.75. The van der Waals surface area contributed by atoms with Crippen molar-refractivity contribution in [2.75, 3.05) is 0 Å². The number of thiophene rings is 1. The van der Waals surface area contributed by atoms with E-state index < -0.39 is 0 Å². The number of furan rings is 1. The minimum atomic E-state index is -0.242. The monoisotopic (exact) mass is 1920 g/mol.